The van der Waals surface area contributed by atoms with Crippen LogP contribution < -0.4 is 16.2 Å². The molecule has 1 saturated carbocycles. The van der Waals surface area contributed by atoms with E-state index in [-0.39, 0.29) is 17.4 Å². The molecule has 1 aliphatic rings. The van der Waals surface area contributed by atoms with Crippen molar-refractivity contribution in [1.82, 2.24) is 20.2 Å². The molecule has 142 valence electrons. The smallest absolute Gasteiger partial charge is 0.321 e. The average Bonchev–Trinajstić information content (AvgIpc) is 3.51. The third-order valence-corrected chi connectivity index (χ3v) is 5.20. The van der Waals surface area contributed by atoms with Gasteiger partial charge in [-0.05, 0) is 37.1 Å². The van der Waals surface area contributed by atoms with Gasteiger partial charge in [0.15, 0.2) is 5.16 Å². The highest BCUT2D eigenvalue weighted by molar-refractivity contribution is 7.99. The van der Waals surface area contributed by atoms with E-state index in [1.54, 1.807) is 18.2 Å². The van der Waals surface area contributed by atoms with Gasteiger partial charge in [0.25, 0.3) is 5.56 Å². The molecule has 8 heteroatoms. The molecule has 0 atom stereocenters. The zero-order valence-corrected chi connectivity index (χ0v) is 15.7. The third-order valence-electron chi connectivity index (χ3n) is 4.26. The molecule has 2 aromatic carbocycles. The van der Waals surface area contributed by atoms with E-state index >= 15 is 0 Å². The quantitative estimate of drug-likeness (QED) is 0.512. The van der Waals surface area contributed by atoms with E-state index in [0.29, 0.717) is 21.7 Å². The molecule has 3 amide bonds. The molecule has 0 saturated heterocycles. The Morgan fingerprint density at radius 2 is 1.79 bits per heavy atom. The van der Waals surface area contributed by atoms with Crippen molar-refractivity contribution in [2.45, 2.75) is 24.0 Å². The molecule has 1 aromatic heterocycles. The number of benzene rings is 2. The van der Waals surface area contributed by atoms with E-state index in [9.17, 15) is 14.4 Å². The van der Waals surface area contributed by atoms with Gasteiger partial charge in [0.05, 0.1) is 22.3 Å². The molecule has 0 radical (unpaired) electrons. The van der Waals surface area contributed by atoms with E-state index in [4.69, 9.17) is 0 Å². The van der Waals surface area contributed by atoms with Crippen LogP contribution in [-0.4, -0.2) is 33.3 Å². The van der Waals surface area contributed by atoms with Crippen molar-refractivity contribution in [3.63, 3.8) is 0 Å². The number of urea groups is 1. The van der Waals surface area contributed by atoms with Crippen LogP contribution in [0.4, 0.5) is 4.79 Å². The lowest BCUT2D eigenvalue weighted by molar-refractivity contribution is -0.117. The molecule has 0 aliphatic heterocycles. The highest BCUT2D eigenvalue weighted by atomic mass is 32.2. The lowest BCUT2D eigenvalue weighted by atomic mass is 10.2. The molecule has 0 bridgehead atoms. The van der Waals surface area contributed by atoms with Gasteiger partial charge in [0, 0.05) is 6.04 Å². The van der Waals surface area contributed by atoms with Crippen LogP contribution in [0.3, 0.4) is 0 Å². The number of carbonyl (C=O) groups excluding carboxylic acids is 2. The van der Waals surface area contributed by atoms with E-state index in [1.807, 2.05) is 36.4 Å². The van der Waals surface area contributed by atoms with E-state index in [2.05, 4.69) is 15.6 Å². The number of aromatic nitrogens is 2. The van der Waals surface area contributed by atoms with Crippen molar-refractivity contribution in [3.8, 4) is 5.69 Å². The van der Waals surface area contributed by atoms with Crippen molar-refractivity contribution in [2.75, 3.05) is 5.75 Å². The first kappa shape index (κ1) is 18.2. The molecule has 2 N–H and O–H groups in total. The molecular formula is C20H18N4O3S. The molecule has 1 heterocycles. The van der Waals surface area contributed by atoms with Gasteiger partial charge < -0.3 is 5.32 Å². The summed E-state index contributed by atoms with van der Waals surface area (Å²) in [5.74, 6) is -0.472. The summed E-state index contributed by atoms with van der Waals surface area (Å²) in [6, 6.07) is 15.9. The van der Waals surface area contributed by atoms with Crippen LogP contribution in [0.2, 0.25) is 0 Å². The van der Waals surface area contributed by atoms with E-state index < -0.39 is 11.9 Å². The van der Waals surface area contributed by atoms with Gasteiger partial charge in [-0.2, -0.15) is 0 Å². The van der Waals surface area contributed by atoms with Crippen molar-refractivity contribution in [3.05, 3.63) is 65.0 Å². The number of carbonyl (C=O) groups is 2. The largest absolute Gasteiger partial charge is 0.335 e. The fraction of sp³-hybridized carbons (Fsp3) is 0.200. The fourth-order valence-corrected chi connectivity index (χ4v) is 3.57. The number of hydrogen-bond donors (Lipinski definition) is 2. The summed E-state index contributed by atoms with van der Waals surface area (Å²) < 4.78 is 1.49. The molecule has 0 spiro atoms. The van der Waals surface area contributed by atoms with Gasteiger partial charge in [0.2, 0.25) is 5.91 Å². The topological polar surface area (TPSA) is 93.1 Å². The minimum absolute atomic E-state index is 0.0320. The predicted molar refractivity (Wildman–Crippen MR) is 108 cm³/mol. The molecule has 1 fully saturated rings. The second-order valence-electron chi connectivity index (χ2n) is 6.47. The highest BCUT2D eigenvalue weighted by Gasteiger charge is 2.24. The maximum Gasteiger partial charge on any atom is 0.321 e. The van der Waals surface area contributed by atoms with Gasteiger partial charge in [-0.1, -0.05) is 42.1 Å². The molecule has 28 heavy (non-hydrogen) atoms. The Kier molecular flexibility index (Phi) is 5.12. The second kappa shape index (κ2) is 7.85. The minimum atomic E-state index is -0.486. The Labute approximate surface area is 165 Å². The molecule has 7 nitrogen and oxygen atoms in total. The Morgan fingerprint density at radius 1 is 1.07 bits per heavy atom. The van der Waals surface area contributed by atoms with Crippen LogP contribution >= 0.6 is 11.8 Å². The van der Waals surface area contributed by atoms with Crippen molar-refractivity contribution < 1.29 is 9.59 Å². The van der Waals surface area contributed by atoms with Crippen LogP contribution in [0, 0.1) is 0 Å². The first-order chi connectivity index (χ1) is 13.6. The monoisotopic (exact) mass is 394 g/mol. The SMILES string of the molecule is O=C(CSc1nc2ccccc2c(=O)n1-c1ccccc1)NC(=O)NC1CC1. The molecule has 4 rings (SSSR count). The van der Waals surface area contributed by atoms with Gasteiger partial charge in [0.1, 0.15) is 0 Å². The number of para-hydroxylation sites is 2. The Morgan fingerprint density at radius 3 is 2.54 bits per heavy atom. The number of imide groups is 1. The number of nitrogens with one attached hydrogen (secondary N) is 2. The summed E-state index contributed by atoms with van der Waals surface area (Å²) in [7, 11) is 0. The summed E-state index contributed by atoms with van der Waals surface area (Å²) in [5.41, 5.74) is 1.03. The molecule has 0 unspecified atom stereocenters. The fourth-order valence-electron chi connectivity index (χ4n) is 2.76. The Balaban J connectivity index is 1.61. The van der Waals surface area contributed by atoms with Crippen LogP contribution in [0.15, 0.2) is 64.5 Å². The summed E-state index contributed by atoms with van der Waals surface area (Å²) in [5, 5.41) is 5.91. The molecular weight excluding hydrogens is 376 g/mol. The Hall–Kier alpha value is -3.13. The van der Waals surface area contributed by atoms with Crippen LogP contribution in [0.25, 0.3) is 16.6 Å². The van der Waals surface area contributed by atoms with Crippen molar-refractivity contribution in [2.24, 2.45) is 0 Å². The summed E-state index contributed by atoms with van der Waals surface area (Å²) in [4.78, 5) is 41.4. The van der Waals surface area contributed by atoms with Crippen molar-refractivity contribution in [1.29, 1.82) is 0 Å². The maximum absolute atomic E-state index is 13.0. The number of amides is 3. The number of nitrogens with zero attached hydrogens (tertiary/aromatic N) is 2. The van der Waals surface area contributed by atoms with Gasteiger partial charge >= 0.3 is 6.03 Å². The second-order valence-corrected chi connectivity index (χ2v) is 7.41. The first-order valence-electron chi connectivity index (χ1n) is 8.92. The number of hydrogen-bond acceptors (Lipinski definition) is 5. The van der Waals surface area contributed by atoms with E-state index in [1.165, 1.54) is 4.57 Å². The highest BCUT2D eigenvalue weighted by Crippen LogP contribution is 2.21. The number of rotatable bonds is 5. The van der Waals surface area contributed by atoms with Gasteiger partial charge in [-0.3, -0.25) is 19.5 Å². The minimum Gasteiger partial charge on any atom is -0.335 e. The van der Waals surface area contributed by atoms with Gasteiger partial charge in [-0.25, -0.2) is 9.78 Å². The normalized spacial score (nSPS) is 13.3. The predicted octanol–water partition coefficient (Wildman–Crippen LogP) is 2.47. The van der Waals surface area contributed by atoms with Crippen LogP contribution in [0.1, 0.15) is 12.8 Å². The molecule has 1 aliphatic carbocycles. The maximum atomic E-state index is 13.0. The van der Waals surface area contributed by atoms with Crippen LogP contribution in [-0.2, 0) is 4.79 Å². The zero-order valence-electron chi connectivity index (χ0n) is 14.9. The summed E-state index contributed by atoms with van der Waals surface area (Å²) in [6.07, 6.45) is 1.89. The average molecular weight is 394 g/mol. The van der Waals surface area contributed by atoms with Crippen LogP contribution in [0.5, 0.6) is 0 Å². The standard InChI is InChI=1S/C20H18N4O3S/c25-17(23-19(27)21-13-10-11-13)12-28-20-22-16-9-5-4-8-15(16)18(26)24(20)14-6-2-1-3-7-14/h1-9,13H,10-12H2,(H2,21,23,25,27). The summed E-state index contributed by atoms with van der Waals surface area (Å²) in [6.45, 7) is 0. The number of fused-ring (bicyclic) bond motifs is 1. The zero-order chi connectivity index (χ0) is 19.5. The van der Waals surface area contributed by atoms with E-state index in [0.717, 1.165) is 24.6 Å². The number of thioether (sulfide) groups is 1. The van der Waals surface area contributed by atoms with Crippen molar-refractivity contribution >= 4 is 34.6 Å². The summed E-state index contributed by atoms with van der Waals surface area (Å²) >= 11 is 1.12. The molecule has 3 aromatic rings. The Bertz CT molecular complexity index is 1090. The third kappa shape index (κ3) is 4.07. The van der Waals surface area contributed by atoms with Gasteiger partial charge in [-0.15, -0.1) is 0 Å². The first-order valence-corrected chi connectivity index (χ1v) is 9.91. The lowest BCUT2D eigenvalue weighted by Crippen LogP contribution is -2.41. The lowest BCUT2D eigenvalue weighted by Gasteiger charge is -2.13.